The van der Waals surface area contributed by atoms with Crippen LogP contribution in [0.2, 0.25) is 0 Å². The summed E-state index contributed by atoms with van der Waals surface area (Å²) in [5, 5.41) is 3.20. The van der Waals surface area contributed by atoms with Crippen LogP contribution in [0.25, 0.3) is 0 Å². The van der Waals surface area contributed by atoms with E-state index in [1.807, 2.05) is 19.1 Å². The Morgan fingerprint density at radius 3 is 3.00 bits per heavy atom. The zero-order chi connectivity index (χ0) is 9.68. The van der Waals surface area contributed by atoms with Gasteiger partial charge < -0.3 is 5.32 Å². The van der Waals surface area contributed by atoms with Crippen LogP contribution in [0.5, 0.6) is 0 Å². The molecule has 70 valence electrons. The van der Waals surface area contributed by atoms with Crippen molar-refractivity contribution in [2.45, 2.75) is 26.3 Å². The number of aromatic nitrogens is 2. The van der Waals surface area contributed by atoms with Crippen molar-refractivity contribution < 1.29 is 0 Å². The molecule has 1 unspecified atom stereocenters. The molecular formula is C10H15N3. The standard InChI is InChI=1S/C10H15N3/c1-4-8(3)13-10-6-9(5-2)11-7-12-10/h4,6-8H,1,5H2,2-3H3,(H,11,12,13). The van der Waals surface area contributed by atoms with Gasteiger partial charge in [0.1, 0.15) is 12.1 Å². The van der Waals surface area contributed by atoms with E-state index in [-0.39, 0.29) is 6.04 Å². The van der Waals surface area contributed by atoms with Crippen LogP contribution >= 0.6 is 0 Å². The number of nitrogens with zero attached hydrogens (tertiary/aromatic N) is 2. The maximum absolute atomic E-state index is 4.11. The third kappa shape index (κ3) is 2.86. The Bertz CT molecular complexity index is 283. The van der Waals surface area contributed by atoms with Gasteiger partial charge in [0.25, 0.3) is 0 Å². The smallest absolute Gasteiger partial charge is 0.130 e. The second-order valence-corrected chi connectivity index (χ2v) is 2.92. The number of hydrogen-bond acceptors (Lipinski definition) is 3. The second-order valence-electron chi connectivity index (χ2n) is 2.92. The van der Waals surface area contributed by atoms with Gasteiger partial charge in [0.05, 0.1) is 0 Å². The van der Waals surface area contributed by atoms with E-state index in [2.05, 4.69) is 28.8 Å². The molecule has 0 aliphatic heterocycles. The number of anilines is 1. The van der Waals surface area contributed by atoms with Crippen LogP contribution in [0.3, 0.4) is 0 Å². The summed E-state index contributed by atoms with van der Waals surface area (Å²) in [6, 6.07) is 2.19. The predicted octanol–water partition coefficient (Wildman–Crippen LogP) is 2.03. The van der Waals surface area contributed by atoms with Gasteiger partial charge in [0.15, 0.2) is 0 Å². The average Bonchev–Trinajstić information content (AvgIpc) is 2.18. The third-order valence-corrected chi connectivity index (χ3v) is 1.82. The summed E-state index contributed by atoms with van der Waals surface area (Å²) in [5.74, 6) is 0.860. The largest absolute Gasteiger partial charge is 0.364 e. The molecule has 3 nitrogen and oxygen atoms in total. The molecule has 3 heteroatoms. The van der Waals surface area contributed by atoms with Gasteiger partial charge in [-0.1, -0.05) is 13.0 Å². The van der Waals surface area contributed by atoms with Crippen molar-refractivity contribution in [1.82, 2.24) is 9.97 Å². The quantitative estimate of drug-likeness (QED) is 0.715. The van der Waals surface area contributed by atoms with Crippen LogP contribution in [0.4, 0.5) is 5.82 Å². The second kappa shape index (κ2) is 4.60. The summed E-state index contributed by atoms with van der Waals surface area (Å²) in [6.45, 7) is 7.79. The highest BCUT2D eigenvalue weighted by Crippen LogP contribution is 2.05. The number of rotatable bonds is 4. The lowest BCUT2D eigenvalue weighted by Crippen LogP contribution is -2.12. The molecule has 0 bridgehead atoms. The molecule has 1 aromatic heterocycles. The van der Waals surface area contributed by atoms with Crippen LogP contribution in [-0.4, -0.2) is 16.0 Å². The topological polar surface area (TPSA) is 37.8 Å². The zero-order valence-electron chi connectivity index (χ0n) is 8.12. The molecule has 1 aromatic rings. The van der Waals surface area contributed by atoms with E-state index in [0.29, 0.717) is 0 Å². The van der Waals surface area contributed by atoms with Crippen molar-refractivity contribution in [3.63, 3.8) is 0 Å². The Kier molecular flexibility index (Phi) is 3.43. The van der Waals surface area contributed by atoms with E-state index < -0.39 is 0 Å². The molecule has 0 spiro atoms. The molecule has 0 saturated carbocycles. The Balaban J connectivity index is 2.71. The Morgan fingerprint density at radius 2 is 2.38 bits per heavy atom. The Hall–Kier alpha value is -1.38. The van der Waals surface area contributed by atoms with Gasteiger partial charge in [-0.05, 0) is 13.3 Å². The molecule has 0 amide bonds. The minimum Gasteiger partial charge on any atom is -0.364 e. The maximum Gasteiger partial charge on any atom is 0.130 e. The van der Waals surface area contributed by atoms with E-state index in [1.54, 1.807) is 6.33 Å². The minimum atomic E-state index is 0.236. The molecule has 0 fully saturated rings. The van der Waals surface area contributed by atoms with Gasteiger partial charge >= 0.3 is 0 Å². The Labute approximate surface area is 78.9 Å². The first-order chi connectivity index (χ1) is 6.26. The molecule has 0 aliphatic carbocycles. The summed E-state index contributed by atoms with van der Waals surface area (Å²) in [4.78, 5) is 8.22. The fraction of sp³-hybridized carbons (Fsp3) is 0.400. The van der Waals surface area contributed by atoms with Gasteiger partial charge in [0, 0.05) is 17.8 Å². The molecule has 0 saturated heterocycles. The fourth-order valence-electron chi connectivity index (χ4n) is 0.962. The molecule has 0 aliphatic rings. The minimum absolute atomic E-state index is 0.236. The number of aryl methyl sites for hydroxylation is 1. The first kappa shape index (κ1) is 9.71. The molecule has 0 aromatic carbocycles. The van der Waals surface area contributed by atoms with Crippen molar-refractivity contribution in [1.29, 1.82) is 0 Å². The highest BCUT2D eigenvalue weighted by molar-refractivity contribution is 5.36. The van der Waals surface area contributed by atoms with E-state index >= 15 is 0 Å². The highest BCUT2D eigenvalue weighted by atomic mass is 15.0. The van der Waals surface area contributed by atoms with Crippen LogP contribution in [0, 0.1) is 0 Å². The SMILES string of the molecule is C=CC(C)Nc1cc(CC)ncn1. The van der Waals surface area contributed by atoms with Gasteiger partial charge in [-0.3, -0.25) is 0 Å². The van der Waals surface area contributed by atoms with E-state index in [4.69, 9.17) is 0 Å². The van der Waals surface area contributed by atoms with E-state index in [0.717, 1.165) is 17.9 Å². The monoisotopic (exact) mass is 177 g/mol. The van der Waals surface area contributed by atoms with Crippen LogP contribution in [-0.2, 0) is 6.42 Å². The lowest BCUT2D eigenvalue weighted by molar-refractivity contribution is 0.950. The summed E-state index contributed by atoms with van der Waals surface area (Å²) < 4.78 is 0. The van der Waals surface area contributed by atoms with E-state index in [1.165, 1.54) is 0 Å². The predicted molar refractivity (Wildman–Crippen MR) is 54.7 cm³/mol. The van der Waals surface area contributed by atoms with Crippen LogP contribution < -0.4 is 5.32 Å². The van der Waals surface area contributed by atoms with Crippen molar-refractivity contribution >= 4 is 5.82 Å². The number of hydrogen-bond donors (Lipinski definition) is 1. The molecule has 1 rings (SSSR count). The van der Waals surface area contributed by atoms with Crippen LogP contribution in [0.15, 0.2) is 25.0 Å². The molecular weight excluding hydrogens is 162 g/mol. The zero-order valence-corrected chi connectivity index (χ0v) is 8.12. The molecule has 13 heavy (non-hydrogen) atoms. The number of nitrogens with one attached hydrogen (secondary N) is 1. The maximum atomic E-state index is 4.11. The lowest BCUT2D eigenvalue weighted by atomic mass is 10.3. The summed E-state index contributed by atoms with van der Waals surface area (Å²) >= 11 is 0. The summed E-state index contributed by atoms with van der Waals surface area (Å²) in [7, 11) is 0. The van der Waals surface area contributed by atoms with Gasteiger partial charge in [-0.15, -0.1) is 6.58 Å². The third-order valence-electron chi connectivity index (χ3n) is 1.82. The first-order valence-corrected chi connectivity index (χ1v) is 4.46. The summed E-state index contributed by atoms with van der Waals surface area (Å²) in [6.07, 6.45) is 4.35. The van der Waals surface area contributed by atoms with Crippen molar-refractivity contribution in [3.8, 4) is 0 Å². The lowest BCUT2D eigenvalue weighted by Gasteiger charge is -2.09. The van der Waals surface area contributed by atoms with Crippen molar-refractivity contribution in [2.24, 2.45) is 0 Å². The first-order valence-electron chi connectivity index (χ1n) is 4.46. The van der Waals surface area contributed by atoms with Gasteiger partial charge in [-0.25, -0.2) is 9.97 Å². The van der Waals surface area contributed by atoms with Crippen LogP contribution in [0.1, 0.15) is 19.5 Å². The Morgan fingerprint density at radius 1 is 1.62 bits per heavy atom. The van der Waals surface area contributed by atoms with Gasteiger partial charge in [0.2, 0.25) is 0 Å². The normalized spacial score (nSPS) is 12.2. The fourth-order valence-corrected chi connectivity index (χ4v) is 0.962. The highest BCUT2D eigenvalue weighted by Gasteiger charge is 1.98. The molecule has 1 heterocycles. The molecule has 1 N–H and O–H groups in total. The molecule has 1 atom stereocenters. The molecule has 0 radical (unpaired) electrons. The van der Waals surface area contributed by atoms with Gasteiger partial charge in [-0.2, -0.15) is 0 Å². The van der Waals surface area contributed by atoms with Crippen molar-refractivity contribution in [2.75, 3.05) is 5.32 Å². The average molecular weight is 177 g/mol. The summed E-state index contributed by atoms with van der Waals surface area (Å²) in [5.41, 5.74) is 1.05. The van der Waals surface area contributed by atoms with E-state index in [9.17, 15) is 0 Å². The van der Waals surface area contributed by atoms with Crippen molar-refractivity contribution in [3.05, 3.63) is 30.7 Å².